The second-order valence-electron chi connectivity index (χ2n) is 5.32. The summed E-state index contributed by atoms with van der Waals surface area (Å²) in [5.74, 6) is 0.0874. The van der Waals surface area contributed by atoms with Crippen LogP contribution in [0.2, 0.25) is 10.3 Å². The van der Waals surface area contributed by atoms with Crippen molar-refractivity contribution < 1.29 is 4.79 Å². The molecule has 0 spiro atoms. The zero-order valence-electron chi connectivity index (χ0n) is 13.3. The molecule has 6 nitrogen and oxygen atoms in total. The molecule has 0 unspecified atom stereocenters. The van der Waals surface area contributed by atoms with Crippen LogP contribution in [0.3, 0.4) is 0 Å². The quantitative estimate of drug-likeness (QED) is 0.708. The molecule has 1 N–H and O–H groups in total. The number of benzene rings is 1. The van der Waals surface area contributed by atoms with Gasteiger partial charge in [0.1, 0.15) is 16.1 Å². The van der Waals surface area contributed by atoms with Crippen LogP contribution < -0.4 is 5.56 Å². The Kier molecular flexibility index (Phi) is 5.01. The molecule has 25 heavy (non-hydrogen) atoms. The van der Waals surface area contributed by atoms with E-state index in [-0.39, 0.29) is 33.9 Å². The minimum absolute atomic E-state index is 0.0379. The van der Waals surface area contributed by atoms with Crippen LogP contribution in [0.15, 0.2) is 41.2 Å². The monoisotopic (exact) mass is 376 g/mol. The van der Waals surface area contributed by atoms with Crippen LogP contribution in [0.1, 0.15) is 23.1 Å². The first kappa shape index (κ1) is 17.4. The van der Waals surface area contributed by atoms with Crippen LogP contribution in [-0.4, -0.2) is 32.3 Å². The van der Waals surface area contributed by atoms with Gasteiger partial charge < -0.3 is 9.88 Å². The minimum atomic E-state index is -0.313. The third-order valence-electron chi connectivity index (χ3n) is 3.72. The maximum atomic E-state index is 12.7. The predicted molar refractivity (Wildman–Crippen MR) is 97.0 cm³/mol. The zero-order chi connectivity index (χ0) is 18.0. The van der Waals surface area contributed by atoms with Crippen molar-refractivity contribution in [2.45, 2.75) is 13.5 Å². The lowest BCUT2D eigenvalue weighted by Gasteiger charge is -2.20. The van der Waals surface area contributed by atoms with Gasteiger partial charge in [-0.25, -0.2) is 9.97 Å². The molecule has 128 valence electrons. The second kappa shape index (κ2) is 7.21. The molecule has 3 aromatic rings. The fraction of sp³-hybridized carbons (Fsp3) is 0.176. The largest absolute Gasteiger partial charge is 0.331 e. The van der Waals surface area contributed by atoms with Crippen LogP contribution in [0.25, 0.3) is 10.9 Å². The first-order chi connectivity index (χ1) is 12.0. The smallest absolute Gasteiger partial charge is 0.258 e. The van der Waals surface area contributed by atoms with E-state index in [1.165, 1.54) is 17.0 Å². The van der Waals surface area contributed by atoms with Gasteiger partial charge in [0.2, 0.25) is 0 Å². The molecule has 1 aromatic carbocycles. The molecule has 2 heterocycles. The summed E-state index contributed by atoms with van der Waals surface area (Å²) in [6, 6.07) is 10.1. The van der Waals surface area contributed by atoms with Gasteiger partial charge in [0.25, 0.3) is 11.5 Å². The topological polar surface area (TPSA) is 79.0 Å². The van der Waals surface area contributed by atoms with Gasteiger partial charge in [-0.2, -0.15) is 0 Å². The third-order valence-corrected chi connectivity index (χ3v) is 4.22. The number of amides is 1. The fourth-order valence-electron chi connectivity index (χ4n) is 2.46. The van der Waals surface area contributed by atoms with E-state index in [1.54, 1.807) is 24.3 Å². The van der Waals surface area contributed by atoms with E-state index in [0.29, 0.717) is 23.3 Å². The van der Waals surface area contributed by atoms with E-state index in [9.17, 15) is 9.59 Å². The number of rotatable bonds is 4. The Balaban J connectivity index is 1.92. The predicted octanol–water partition coefficient (Wildman–Crippen LogP) is 3.29. The van der Waals surface area contributed by atoms with Crippen LogP contribution in [0, 0.1) is 0 Å². The van der Waals surface area contributed by atoms with E-state index in [1.807, 2.05) is 6.92 Å². The molecule has 0 saturated heterocycles. The summed E-state index contributed by atoms with van der Waals surface area (Å²) in [7, 11) is 0. The second-order valence-corrected chi connectivity index (χ2v) is 6.07. The minimum Gasteiger partial charge on any atom is -0.331 e. The zero-order valence-corrected chi connectivity index (χ0v) is 14.8. The van der Waals surface area contributed by atoms with Gasteiger partial charge in [-0.15, -0.1) is 0 Å². The molecule has 8 heteroatoms. The highest BCUT2D eigenvalue weighted by atomic mass is 35.5. The van der Waals surface area contributed by atoms with E-state index >= 15 is 0 Å². The molecule has 0 aliphatic heterocycles. The van der Waals surface area contributed by atoms with Crippen molar-refractivity contribution in [1.29, 1.82) is 0 Å². The number of pyridine rings is 1. The maximum Gasteiger partial charge on any atom is 0.258 e. The van der Waals surface area contributed by atoms with Crippen molar-refractivity contribution in [3.05, 3.63) is 68.4 Å². The first-order valence-corrected chi connectivity index (χ1v) is 8.34. The van der Waals surface area contributed by atoms with Crippen LogP contribution in [0.4, 0.5) is 0 Å². The highest BCUT2D eigenvalue weighted by Gasteiger charge is 2.19. The summed E-state index contributed by atoms with van der Waals surface area (Å²) in [5.41, 5.74) is 0.585. The van der Waals surface area contributed by atoms with Crippen molar-refractivity contribution in [1.82, 2.24) is 19.9 Å². The number of para-hydroxylation sites is 1. The molecule has 0 radical (unpaired) electrons. The van der Waals surface area contributed by atoms with Crippen molar-refractivity contribution in [2.24, 2.45) is 0 Å². The third kappa shape index (κ3) is 3.65. The lowest BCUT2D eigenvalue weighted by atomic mass is 10.2. The summed E-state index contributed by atoms with van der Waals surface area (Å²) in [4.78, 5) is 37.4. The maximum absolute atomic E-state index is 12.7. The number of nitrogens with zero attached hydrogens (tertiary/aromatic N) is 3. The number of aromatic nitrogens is 3. The molecule has 0 bridgehead atoms. The van der Waals surface area contributed by atoms with Gasteiger partial charge in [-0.1, -0.05) is 35.3 Å². The Morgan fingerprint density at radius 1 is 1.16 bits per heavy atom. The van der Waals surface area contributed by atoms with E-state index in [2.05, 4.69) is 15.0 Å². The summed E-state index contributed by atoms with van der Waals surface area (Å²) in [5, 5.41) is 0.756. The molecule has 0 saturated carbocycles. The van der Waals surface area contributed by atoms with E-state index in [4.69, 9.17) is 23.2 Å². The Morgan fingerprint density at radius 3 is 2.64 bits per heavy atom. The Hall–Kier alpha value is -2.44. The van der Waals surface area contributed by atoms with Crippen LogP contribution in [-0.2, 0) is 6.54 Å². The van der Waals surface area contributed by atoms with Gasteiger partial charge in [-0.05, 0) is 31.2 Å². The summed E-state index contributed by atoms with van der Waals surface area (Å²) in [6.07, 6.45) is 0. The van der Waals surface area contributed by atoms with E-state index < -0.39 is 0 Å². The molecule has 0 atom stereocenters. The molecule has 0 aliphatic rings. The number of halogens is 2. The number of hydrogen-bond acceptors (Lipinski definition) is 4. The van der Waals surface area contributed by atoms with Gasteiger partial charge in [0.05, 0.1) is 23.0 Å². The standard InChI is InChI=1S/C17H14Cl2N4O2/c1-2-23(17(25)11-7-8-13(18)21-15(11)19)9-14-20-12-6-4-3-5-10(12)16(24)22-14/h3-8H,2,9H2,1H3,(H,20,22,24). The summed E-state index contributed by atoms with van der Waals surface area (Å²) in [6.45, 7) is 2.39. The van der Waals surface area contributed by atoms with E-state index in [0.717, 1.165) is 0 Å². The van der Waals surface area contributed by atoms with Crippen LogP contribution in [0.5, 0.6) is 0 Å². The van der Waals surface area contributed by atoms with Gasteiger partial charge in [0, 0.05) is 6.54 Å². The van der Waals surface area contributed by atoms with Gasteiger partial charge in [-0.3, -0.25) is 9.59 Å². The van der Waals surface area contributed by atoms with Gasteiger partial charge >= 0.3 is 0 Å². The number of aromatic amines is 1. The molecule has 0 fully saturated rings. The number of hydrogen-bond donors (Lipinski definition) is 1. The van der Waals surface area contributed by atoms with Crippen molar-refractivity contribution in [3.63, 3.8) is 0 Å². The van der Waals surface area contributed by atoms with Crippen LogP contribution >= 0.6 is 23.2 Å². The molecule has 3 rings (SSSR count). The summed E-state index contributed by atoms with van der Waals surface area (Å²) >= 11 is 11.8. The molecule has 0 aliphatic carbocycles. The molecular weight excluding hydrogens is 363 g/mol. The fourth-order valence-corrected chi connectivity index (χ4v) is 2.89. The Bertz CT molecular complexity index is 1000. The number of nitrogens with one attached hydrogen (secondary N) is 1. The molecule has 1 amide bonds. The summed E-state index contributed by atoms with van der Waals surface area (Å²) < 4.78 is 0. The number of fused-ring (bicyclic) bond motifs is 1. The number of carbonyl (C=O) groups excluding carboxylic acids is 1. The van der Waals surface area contributed by atoms with Crippen molar-refractivity contribution >= 4 is 40.0 Å². The highest BCUT2D eigenvalue weighted by molar-refractivity contribution is 6.34. The average molecular weight is 377 g/mol. The average Bonchev–Trinajstić information content (AvgIpc) is 2.59. The molecule has 2 aromatic heterocycles. The Morgan fingerprint density at radius 2 is 1.92 bits per heavy atom. The number of H-pyrrole nitrogens is 1. The highest BCUT2D eigenvalue weighted by Crippen LogP contribution is 2.19. The lowest BCUT2D eigenvalue weighted by molar-refractivity contribution is 0.0748. The van der Waals surface area contributed by atoms with Crippen molar-refractivity contribution in [2.75, 3.05) is 6.54 Å². The van der Waals surface area contributed by atoms with Gasteiger partial charge in [0.15, 0.2) is 0 Å². The SMILES string of the molecule is CCN(Cc1nc2ccccc2c(=O)[nH]1)C(=O)c1ccc(Cl)nc1Cl. The number of carbonyl (C=O) groups is 1. The Labute approximate surface area is 153 Å². The lowest BCUT2D eigenvalue weighted by Crippen LogP contribution is -2.32. The van der Waals surface area contributed by atoms with Crippen molar-refractivity contribution in [3.8, 4) is 0 Å². The first-order valence-electron chi connectivity index (χ1n) is 7.59. The molecular formula is C17H14Cl2N4O2. The normalized spacial score (nSPS) is 10.8.